The van der Waals surface area contributed by atoms with E-state index in [2.05, 4.69) is 16.5 Å². The molecule has 78 valence electrons. The van der Waals surface area contributed by atoms with E-state index in [1.54, 1.807) is 0 Å². The SMILES string of the molecule is O=C1N[Se]c2ccccc2-c2ccccc21. The molecule has 0 spiro atoms. The van der Waals surface area contributed by atoms with Gasteiger partial charge in [-0.25, -0.2) is 0 Å². The molecule has 1 heterocycles. The van der Waals surface area contributed by atoms with Crippen molar-refractivity contribution < 1.29 is 4.79 Å². The van der Waals surface area contributed by atoms with E-state index in [0.717, 1.165) is 11.1 Å². The van der Waals surface area contributed by atoms with E-state index in [-0.39, 0.29) is 21.1 Å². The Hall–Kier alpha value is -1.57. The van der Waals surface area contributed by atoms with Crippen molar-refractivity contribution in [2.45, 2.75) is 0 Å². The van der Waals surface area contributed by atoms with Crippen LogP contribution in [0.1, 0.15) is 10.4 Å². The van der Waals surface area contributed by atoms with Crippen LogP contribution in [-0.4, -0.2) is 21.1 Å². The van der Waals surface area contributed by atoms with Gasteiger partial charge in [-0.2, -0.15) is 0 Å². The number of amides is 1. The van der Waals surface area contributed by atoms with Gasteiger partial charge in [0, 0.05) is 0 Å². The molecule has 1 aliphatic heterocycles. The Labute approximate surface area is 100 Å². The molecule has 2 nitrogen and oxygen atoms in total. The summed E-state index contributed by atoms with van der Waals surface area (Å²) in [6.07, 6.45) is 0. The Morgan fingerprint density at radius 1 is 0.812 bits per heavy atom. The van der Waals surface area contributed by atoms with Crippen molar-refractivity contribution in [3.05, 3.63) is 54.1 Å². The summed E-state index contributed by atoms with van der Waals surface area (Å²) in [4.78, 5) is 11.9. The van der Waals surface area contributed by atoms with Gasteiger partial charge < -0.3 is 0 Å². The van der Waals surface area contributed by atoms with Gasteiger partial charge in [0.1, 0.15) is 0 Å². The first-order valence-electron chi connectivity index (χ1n) is 5.02. The standard InChI is InChI=1S/C13H9NOSe/c15-13-11-7-2-1-5-9(11)10-6-3-4-8-12(10)16-14-13/h1-8H,(H,14,15). The predicted molar refractivity (Wildman–Crippen MR) is 64.7 cm³/mol. The number of carbonyl (C=O) groups is 1. The van der Waals surface area contributed by atoms with Crippen LogP contribution in [0.5, 0.6) is 0 Å². The van der Waals surface area contributed by atoms with Crippen LogP contribution < -0.4 is 8.79 Å². The fourth-order valence-electron chi connectivity index (χ4n) is 1.85. The first-order chi connectivity index (χ1) is 7.86. The molecule has 0 bridgehead atoms. The number of hydrogen-bond donors (Lipinski definition) is 1. The summed E-state index contributed by atoms with van der Waals surface area (Å²) in [6.45, 7) is 0. The van der Waals surface area contributed by atoms with E-state index in [9.17, 15) is 4.79 Å². The Kier molecular flexibility index (Phi) is 2.28. The van der Waals surface area contributed by atoms with Crippen molar-refractivity contribution >= 4 is 25.5 Å². The zero-order valence-electron chi connectivity index (χ0n) is 8.44. The Balaban J connectivity index is 2.32. The van der Waals surface area contributed by atoms with Crippen molar-refractivity contribution in [2.75, 3.05) is 0 Å². The molecule has 2 aromatic carbocycles. The van der Waals surface area contributed by atoms with Gasteiger partial charge in [-0.05, 0) is 0 Å². The number of benzene rings is 2. The van der Waals surface area contributed by atoms with Gasteiger partial charge in [-0.15, -0.1) is 0 Å². The van der Waals surface area contributed by atoms with Gasteiger partial charge in [-0.1, -0.05) is 0 Å². The van der Waals surface area contributed by atoms with Crippen molar-refractivity contribution in [3.63, 3.8) is 0 Å². The summed E-state index contributed by atoms with van der Waals surface area (Å²) >= 11 is 0.0205. The third-order valence-corrected chi connectivity index (χ3v) is 4.41. The summed E-state index contributed by atoms with van der Waals surface area (Å²) in [7, 11) is 0. The Bertz CT molecular complexity index is 565. The molecule has 0 aliphatic carbocycles. The molecule has 0 fully saturated rings. The molecule has 0 unspecified atom stereocenters. The number of hydrogen-bond acceptors (Lipinski definition) is 1. The quantitative estimate of drug-likeness (QED) is 0.722. The topological polar surface area (TPSA) is 29.1 Å². The van der Waals surface area contributed by atoms with Crippen LogP contribution in [0.15, 0.2) is 48.5 Å². The second-order valence-electron chi connectivity index (χ2n) is 3.57. The van der Waals surface area contributed by atoms with Gasteiger partial charge in [0.15, 0.2) is 0 Å². The van der Waals surface area contributed by atoms with Crippen LogP contribution in [0.2, 0.25) is 0 Å². The normalized spacial score (nSPS) is 13.4. The molecule has 1 aliphatic rings. The molecular formula is C13H9NOSe. The molecule has 3 rings (SSSR count). The van der Waals surface area contributed by atoms with E-state index in [1.165, 1.54) is 10.0 Å². The van der Waals surface area contributed by atoms with E-state index in [0.29, 0.717) is 0 Å². The average molecular weight is 274 g/mol. The third-order valence-electron chi connectivity index (χ3n) is 2.60. The monoisotopic (exact) mass is 275 g/mol. The minimum atomic E-state index is 0.0205. The van der Waals surface area contributed by atoms with E-state index < -0.39 is 0 Å². The van der Waals surface area contributed by atoms with Gasteiger partial charge in [-0.3, -0.25) is 0 Å². The summed E-state index contributed by atoms with van der Waals surface area (Å²) in [5, 5.41) is 0. The summed E-state index contributed by atoms with van der Waals surface area (Å²) in [6, 6.07) is 16.0. The number of fused-ring (bicyclic) bond motifs is 3. The molecule has 0 saturated carbocycles. The fourth-order valence-corrected chi connectivity index (χ4v) is 3.42. The summed E-state index contributed by atoms with van der Waals surface area (Å²) < 4.78 is 4.21. The molecule has 1 N–H and O–H groups in total. The van der Waals surface area contributed by atoms with Crippen LogP contribution in [-0.2, 0) is 0 Å². The minimum absolute atomic E-state index is 0.0205. The van der Waals surface area contributed by atoms with E-state index in [1.807, 2.05) is 36.4 Å². The molecule has 16 heavy (non-hydrogen) atoms. The van der Waals surface area contributed by atoms with Crippen LogP contribution in [0.3, 0.4) is 0 Å². The van der Waals surface area contributed by atoms with Gasteiger partial charge in [0.05, 0.1) is 0 Å². The van der Waals surface area contributed by atoms with Crippen molar-refractivity contribution in [1.82, 2.24) is 4.33 Å². The Morgan fingerprint density at radius 3 is 2.25 bits per heavy atom. The second-order valence-corrected chi connectivity index (χ2v) is 5.35. The van der Waals surface area contributed by atoms with Crippen LogP contribution >= 0.6 is 0 Å². The fraction of sp³-hybridized carbons (Fsp3) is 0. The molecule has 0 aromatic heterocycles. The number of nitrogens with one attached hydrogen (secondary N) is 1. The van der Waals surface area contributed by atoms with E-state index >= 15 is 0 Å². The maximum atomic E-state index is 11.9. The molecule has 0 saturated heterocycles. The zero-order chi connectivity index (χ0) is 11.0. The maximum absolute atomic E-state index is 11.9. The van der Waals surface area contributed by atoms with Crippen molar-refractivity contribution in [1.29, 1.82) is 0 Å². The van der Waals surface area contributed by atoms with Crippen LogP contribution in [0.25, 0.3) is 11.1 Å². The molecule has 3 heteroatoms. The predicted octanol–water partition coefficient (Wildman–Crippen LogP) is 1.34. The number of rotatable bonds is 0. The first-order valence-corrected chi connectivity index (χ1v) is 6.73. The molecule has 1 amide bonds. The molecular weight excluding hydrogens is 265 g/mol. The van der Waals surface area contributed by atoms with E-state index in [4.69, 9.17) is 0 Å². The molecule has 0 atom stereocenters. The summed E-state index contributed by atoms with van der Waals surface area (Å²) in [5.74, 6) is 0.0341. The second kappa shape index (κ2) is 3.78. The summed E-state index contributed by atoms with van der Waals surface area (Å²) in [5.41, 5.74) is 2.99. The molecule has 0 radical (unpaired) electrons. The van der Waals surface area contributed by atoms with Gasteiger partial charge >= 0.3 is 99.9 Å². The van der Waals surface area contributed by atoms with Gasteiger partial charge in [0.2, 0.25) is 0 Å². The first kappa shape index (κ1) is 9.64. The average Bonchev–Trinajstić information content (AvgIpc) is 2.49. The van der Waals surface area contributed by atoms with Crippen molar-refractivity contribution in [2.24, 2.45) is 0 Å². The van der Waals surface area contributed by atoms with Crippen molar-refractivity contribution in [3.8, 4) is 11.1 Å². The van der Waals surface area contributed by atoms with Crippen LogP contribution in [0, 0.1) is 0 Å². The van der Waals surface area contributed by atoms with Crippen LogP contribution in [0.4, 0.5) is 0 Å². The molecule has 2 aromatic rings. The Morgan fingerprint density at radius 2 is 1.44 bits per heavy atom. The zero-order valence-corrected chi connectivity index (χ0v) is 10.1. The van der Waals surface area contributed by atoms with Gasteiger partial charge in [0.25, 0.3) is 0 Å². The number of carbonyl (C=O) groups excluding carboxylic acids is 1. The third kappa shape index (κ3) is 1.45.